The first kappa shape index (κ1) is 20.2. The van der Waals surface area contributed by atoms with Crippen LogP contribution in [0, 0.1) is 12.8 Å². The number of carbonyl (C=O) groups is 1. The van der Waals surface area contributed by atoms with Crippen LogP contribution in [0.1, 0.15) is 60.4 Å². The maximum absolute atomic E-state index is 13.1. The molecule has 0 bridgehead atoms. The molecule has 0 spiro atoms. The van der Waals surface area contributed by atoms with Gasteiger partial charge in [0.15, 0.2) is 5.69 Å². The van der Waals surface area contributed by atoms with E-state index in [-0.39, 0.29) is 11.8 Å². The fourth-order valence-corrected chi connectivity index (χ4v) is 4.01. The molecule has 156 valence electrons. The van der Waals surface area contributed by atoms with Crippen molar-refractivity contribution >= 4 is 5.91 Å². The minimum Gasteiger partial charge on any atom is -0.361 e. The number of carbonyl (C=O) groups excluding carboxylic acids is 1. The van der Waals surface area contributed by atoms with Crippen LogP contribution in [-0.2, 0) is 6.42 Å². The van der Waals surface area contributed by atoms with Gasteiger partial charge in [0.1, 0.15) is 11.6 Å². The van der Waals surface area contributed by atoms with Crippen molar-refractivity contribution in [1.29, 1.82) is 0 Å². The van der Waals surface area contributed by atoms with E-state index in [9.17, 15) is 4.79 Å². The van der Waals surface area contributed by atoms with Crippen molar-refractivity contribution < 1.29 is 9.32 Å². The summed E-state index contributed by atoms with van der Waals surface area (Å²) in [6, 6.07) is 5.72. The van der Waals surface area contributed by atoms with Gasteiger partial charge in [0.05, 0.1) is 5.69 Å². The molecule has 0 aromatic carbocycles. The van der Waals surface area contributed by atoms with Gasteiger partial charge in [0.25, 0.3) is 5.91 Å². The van der Waals surface area contributed by atoms with Crippen molar-refractivity contribution in [2.75, 3.05) is 13.1 Å². The lowest BCUT2D eigenvalue weighted by molar-refractivity contribution is 0.0695. The Labute approximate surface area is 176 Å². The fourth-order valence-electron chi connectivity index (χ4n) is 4.01. The molecule has 1 amide bonds. The minimum absolute atomic E-state index is 0.0744. The van der Waals surface area contributed by atoms with Crippen molar-refractivity contribution in [3.8, 4) is 11.1 Å². The molecule has 3 aromatic heterocycles. The van der Waals surface area contributed by atoms with Crippen molar-refractivity contribution in [3.05, 3.63) is 59.8 Å². The molecular weight excluding hydrogens is 378 g/mol. The Bertz CT molecular complexity index is 1020. The van der Waals surface area contributed by atoms with E-state index in [1.165, 1.54) is 0 Å². The zero-order valence-corrected chi connectivity index (χ0v) is 17.7. The van der Waals surface area contributed by atoms with Gasteiger partial charge in [-0.1, -0.05) is 19.0 Å². The molecule has 1 atom stereocenters. The molecule has 0 unspecified atom stereocenters. The molecule has 1 aliphatic rings. The zero-order valence-electron chi connectivity index (χ0n) is 17.7. The highest BCUT2D eigenvalue weighted by atomic mass is 16.5. The monoisotopic (exact) mass is 405 g/mol. The van der Waals surface area contributed by atoms with Crippen LogP contribution < -0.4 is 0 Å². The largest absolute Gasteiger partial charge is 0.361 e. The third kappa shape index (κ3) is 4.40. The Morgan fingerprint density at radius 1 is 1.30 bits per heavy atom. The lowest BCUT2D eigenvalue weighted by atomic mass is 9.90. The quantitative estimate of drug-likeness (QED) is 0.636. The Kier molecular flexibility index (Phi) is 5.88. The normalized spacial score (nSPS) is 16.8. The Balaban J connectivity index is 1.57. The van der Waals surface area contributed by atoms with E-state index in [1.807, 2.05) is 30.2 Å². The Morgan fingerprint density at radius 3 is 2.87 bits per heavy atom. The summed E-state index contributed by atoms with van der Waals surface area (Å²) >= 11 is 0. The number of aryl methyl sites for hydroxylation is 1. The molecule has 30 heavy (non-hydrogen) atoms. The summed E-state index contributed by atoms with van der Waals surface area (Å²) < 4.78 is 5.37. The predicted octanol–water partition coefficient (Wildman–Crippen LogP) is 4.05. The molecule has 0 radical (unpaired) electrons. The van der Waals surface area contributed by atoms with Gasteiger partial charge < -0.3 is 9.42 Å². The van der Waals surface area contributed by atoms with Gasteiger partial charge >= 0.3 is 0 Å². The molecule has 1 fully saturated rings. The van der Waals surface area contributed by atoms with Crippen LogP contribution in [0.2, 0.25) is 0 Å². The second kappa shape index (κ2) is 8.73. The average molecular weight is 406 g/mol. The summed E-state index contributed by atoms with van der Waals surface area (Å²) in [5, 5.41) is 4.02. The summed E-state index contributed by atoms with van der Waals surface area (Å²) in [4.78, 5) is 28.2. The second-order valence-electron chi connectivity index (χ2n) is 8.32. The van der Waals surface area contributed by atoms with Crippen LogP contribution in [0.4, 0.5) is 0 Å². The van der Waals surface area contributed by atoms with Crippen molar-refractivity contribution in [2.24, 2.45) is 5.92 Å². The highest BCUT2D eigenvalue weighted by Crippen LogP contribution is 2.33. The van der Waals surface area contributed by atoms with Crippen LogP contribution in [-0.4, -0.2) is 44.0 Å². The maximum Gasteiger partial charge on any atom is 0.276 e. The molecule has 1 aliphatic heterocycles. The summed E-state index contributed by atoms with van der Waals surface area (Å²) in [5.41, 5.74) is 3.42. The number of hydrogen-bond acceptors (Lipinski definition) is 6. The Hall–Kier alpha value is -3.09. The predicted molar refractivity (Wildman–Crippen MR) is 113 cm³/mol. The number of rotatable bonds is 5. The highest BCUT2D eigenvalue weighted by Gasteiger charge is 2.29. The van der Waals surface area contributed by atoms with Crippen molar-refractivity contribution in [1.82, 2.24) is 25.0 Å². The second-order valence-corrected chi connectivity index (χ2v) is 8.32. The van der Waals surface area contributed by atoms with Crippen LogP contribution in [0.3, 0.4) is 0 Å². The summed E-state index contributed by atoms with van der Waals surface area (Å²) in [6.07, 6.45) is 8.10. The lowest BCUT2D eigenvalue weighted by Gasteiger charge is -2.32. The molecule has 3 aromatic rings. The number of pyridine rings is 1. The standard InChI is InChI=1S/C23H27N5O2/c1-15(2)11-19-12-21(27-30-19)23(29)28-10-4-5-18(14-28)22-20(13-25-16(3)26-22)17-6-8-24-9-7-17/h6-9,12-13,15,18H,4-5,10-11,14H2,1-3H3/t18-/m1/s1. The first-order chi connectivity index (χ1) is 14.5. The molecule has 1 saturated heterocycles. The first-order valence-corrected chi connectivity index (χ1v) is 10.5. The SMILES string of the molecule is Cc1ncc(-c2ccncc2)c([C@@H]2CCCN(C(=O)c3cc(CC(C)C)on3)C2)n1. The molecule has 0 saturated carbocycles. The zero-order chi connectivity index (χ0) is 21.1. The van der Waals surface area contributed by atoms with Gasteiger partial charge in [-0.3, -0.25) is 9.78 Å². The van der Waals surface area contributed by atoms with E-state index in [4.69, 9.17) is 9.51 Å². The van der Waals surface area contributed by atoms with E-state index in [0.29, 0.717) is 18.2 Å². The van der Waals surface area contributed by atoms with Crippen LogP contribution in [0.25, 0.3) is 11.1 Å². The van der Waals surface area contributed by atoms with E-state index < -0.39 is 0 Å². The third-order valence-electron chi connectivity index (χ3n) is 5.41. The van der Waals surface area contributed by atoms with Gasteiger partial charge in [-0.05, 0) is 43.4 Å². The molecule has 7 nitrogen and oxygen atoms in total. The fraction of sp³-hybridized carbons (Fsp3) is 0.435. The van der Waals surface area contributed by atoms with E-state index in [0.717, 1.165) is 54.2 Å². The van der Waals surface area contributed by atoms with Gasteiger partial charge in [-0.25, -0.2) is 9.97 Å². The maximum atomic E-state index is 13.1. The summed E-state index contributed by atoms with van der Waals surface area (Å²) in [7, 11) is 0. The molecule has 4 heterocycles. The van der Waals surface area contributed by atoms with Gasteiger partial charge in [-0.2, -0.15) is 0 Å². The first-order valence-electron chi connectivity index (χ1n) is 10.5. The molecule has 4 rings (SSSR count). The van der Waals surface area contributed by atoms with Crippen LogP contribution in [0.5, 0.6) is 0 Å². The smallest absolute Gasteiger partial charge is 0.276 e. The number of hydrogen-bond donors (Lipinski definition) is 0. The van der Waals surface area contributed by atoms with Crippen LogP contribution in [0.15, 0.2) is 41.3 Å². The molecule has 0 N–H and O–H groups in total. The number of piperidine rings is 1. The lowest BCUT2D eigenvalue weighted by Crippen LogP contribution is -2.39. The summed E-state index contributed by atoms with van der Waals surface area (Å²) in [6.45, 7) is 7.46. The number of aromatic nitrogens is 4. The topological polar surface area (TPSA) is 85.0 Å². The minimum atomic E-state index is -0.0744. The highest BCUT2D eigenvalue weighted by molar-refractivity contribution is 5.92. The van der Waals surface area contributed by atoms with Gasteiger partial charge in [0, 0.05) is 55.6 Å². The Morgan fingerprint density at radius 2 is 2.10 bits per heavy atom. The number of nitrogens with zero attached hydrogens (tertiary/aromatic N) is 5. The van der Waals surface area contributed by atoms with Crippen molar-refractivity contribution in [3.63, 3.8) is 0 Å². The summed E-state index contributed by atoms with van der Waals surface area (Å²) in [5.74, 6) is 2.02. The molecular formula is C23H27N5O2. The van der Waals surface area contributed by atoms with E-state index in [1.54, 1.807) is 18.5 Å². The van der Waals surface area contributed by atoms with Crippen molar-refractivity contribution in [2.45, 2.75) is 46.0 Å². The number of likely N-dealkylation sites (tertiary alicyclic amines) is 1. The van der Waals surface area contributed by atoms with Gasteiger partial charge in [0.2, 0.25) is 0 Å². The third-order valence-corrected chi connectivity index (χ3v) is 5.41. The molecule has 0 aliphatic carbocycles. The van der Waals surface area contributed by atoms with E-state index >= 15 is 0 Å². The number of amides is 1. The van der Waals surface area contributed by atoms with E-state index in [2.05, 4.69) is 29.0 Å². The van der Waals surface area contributed by atoms with Crippen LogP contribution >= 0.6 is 0 Å². The van der Waals surface area contributed by atoms with Gasteiger partial charge in [-0.15, -0.1) is 0 Å². The average Bonchev–Trinajstić information content (AvgIpc) is 3.21. The molecule has 7 heteroatoms.